The number of hydrogen-bond donors (Lipinski definition) is 2. The van der Waals surface area contributed by atoms with Crippen molar-refractivity contribution in [1.82, 2.24) is 14.7 Å². The Hall–Kier alpha value is -3.78. The van der Waals surface area contributed by atoms with Crippen molar-refractivity contribution in [1.29, 1.82) is 0 Å². The molecule has 7 nitrogen and oxygen atoms in total. The maximum atomic E-state index is 13.5. The van der Waals surface area contributed by atoms with Gasteiger partial charge in [0.1, 0.15) is 5.82 Å². The highest BCUT2D eigenvalue weighted by atomic mass is 19.1. The zero-order valence-corrected chi connectivity index (χ0v) is 20.1. The molecule has 2 heterocycles. The Balaban J connectivity index is 1.61. The number of carbonyl (C=O) groups is 2. The number of carbonyl (C=O) groups excluding carboxylic acids is 2. The molecule has 0 bridgehead atoms. The van der Waals surface area contributed by atoms with Crippen LogP contribution >= 0.6 is 0 Å². The van der Waals surface area contributed by atoms with Gasteiger partial charge in [-0.1, -0.05) is 24.3 Å². The highest BCUT2D eigenvalue weighted by Crippen LogP contribution is 2.34. The van der Waals surface area contributed by atoms with Crippen molar-refractivity contribution in [3.05, 3.63) is 82.9 Å². The summed E-state index contributed by atoms with van der Waals surface area (Å²) in [6.45, 7) is 4.61. The van der Waals surface area contributed by atoms with Crippen LogP contribution in [0.5, 0.6) is 0 Å². The Labute approximate surface area is 203 Å². The van der Waals surface area contributed by atoms with Gasteiger partial charge in [0.05, 0.1) is 5.69 Å². The number of benzene rings is 2. The average Bonchev–Trinajstić information content (AvgIpc) is 3.21. The third-order valence-electron chi connectivity index (χ3n) is 6.31. The second-order valence-corrected chi connectivity index (χ2v) is 8.85. The zero-order chi connectivity index (χ0) is 25.1. The van der Waals surface area contributed by atoms with E-state index in [9.17, 15) is 14.0 Å². The van der Waals surface area contributed by atoms with E-state index < -0.39 is 5.92 Å². The van der Waals surface area contributed by atoms with E-state index in [2.05, 4.69) is 10.4 Å². The minimum absolute atomic E-state index is 0.102. The van der Waals surface area contributed by atoms with Crippen LogP contribution in [0.25, 0.3) is 11.3 Å². The highest BCUT2D eigenvalue weighted by Gasteiger charge is 2.31. The number of aromatic nitrogens is 2. The Morgan fingerprint density at radius 3 is 2.63 bits per heavy atom. The number of amides is 2. The lowest BCUT2D eigenvalue weighted by Gasteiger charge is -2.28. The van der Waals surface area contributed by atoms with Crippen LogP contribution in [-0.4, -0.2) is 45.3 Å². The number of rotatable bonds is 7. The van der Waals surface area contributed by atoms with E-state index in [0.29, 0.717) is 29.8 Å². The first-order chi connectivity index (χ1) is 16.8. The molecule has 4 rings (SSSR count). The molecule has 0 saturated carbocycles. The number of nitrogens with zero attached hydrogens (tertiary/aromatic N) is 3. The lowest BCUT2D eigenvalue weighted by Crippen LogP contribution is -2.33. The molecule has 0 fully saturated rings. The van der Waals surface area contributed by atoms with Gasteiger partial charge in [-0.25, -0.2) is 4.39 Å². The number of aryl methyl sites for hydroxylation is 3. The molecule has 2 aromatic carbocycles. The summed E-state index contributed by atoms with van der Waals surface area (Å²) in [7, 11) is 1.62. The summed E-state index contributed by atoms with van der Waals surface area (Å²) in [6.07, 6.45) is 2.31. The fraction of sp³-hybridized carbons (Fsp3) is 0.296. The maximum Gasteiger partial charge on any atom is 0.253 e. The van der Waals surface area contributed by atoms with E-state index in [-0.39, 0.29) is 30.7 Å². The molecule has 1 aliphatic heterocycles. The minimum atomic E-state index is -0.465. The molecule has 8 heteroatoms. The monoisotopic (exact) mass is 476 g/mol. The lowest BCUT2D eigenvalue weighted by molar-refractivity contribution is -0.128. The van der Waals surface area contributed by atoms with Gasteiger partial charge in [-0.05, 0) is 55.7 Å². The van der Waals surface area contributed by atoms with Gasteiger partial charge in [0, 0.05) is 61.3 Å². The number of aliphatic hydroxyl groups excluding tert-OH is 1. The molecule has 35 heavy (non-hydrogen) atoms. The van der Waals surface area contributed by atoms with Gasteiger partial charge < -0.3 is 15.3 Å². The van der Waals surface area contributed by atoms with E-state index in [4.69, 9.17) is 5.11 Å². The fourth-order valence-electron chi connectivity index (χ4n) is 4.22. The third kappa shape index (κ3) is 5.33. The molecule has 1 unspecified atom stereocenters. The molecule has 3 aromatic rings. The summed E-state index contributed by atoms with van der Waals surface area (Å²) in [5, 5.41) is 16.8. The summed E-state index contributed by atoms with van der Waals surface area (Å²) in [5.74, 6) is -1.26. The molecular formula is C27H29FN4O3. The predicted octanol–water partition coefficient (Wildman–Crippen LogP) is 4.16. The van der Waals surface area contributed by atoms with Crippen molar-refractivity contribution in [2.45, 2.75) is 39.2 Å². The summed E-state index contributed by atoms with van der Waals surface area (Å²) in [6, 6.07) is 13.6. The normalized spacial score (nSPS) is 15.8. The molecule has 182 valence electrons. The first kappa shape index (κ1) is 24.3. The number of aliphatic hydroxyl groups is 1. The van der Waals surface area contributed by atoms with E-state index in [1.165, 1.54) is 17.0 Å². The van der Waals surface area contributed by atoms with Crippen LogP contribution in [-0.2, 0) is 16.1 Å². The Morgan fingerprint density at radius 1 is 1.17 bits per heavy atom. The Bertz CT molecular complexity index is 1280. The predicted molar refractivity (Wildman–Crippen MR) is 132 cm³/mol. The molecule has 0 spiro atoms. The summed E-state index contributed by atoms with van der Waals surface area (Å²) >= 11 is 0. The van der Waals surface area contributed by atoms with Crippen molar-refractivity contribution in [3.63, 3.8) is 0 Å². The largest absolute Gasteiger partial charge is 0.396 e. The van der Waals surface area contributed by atoms with Gasteiger partial charge in [-0.3, -0.25) is 14.3 Å². The van der Waals surface area contributed by atoms with Crippen molar-refractivity contribution in [2.75, 3.05) is 19.0 Å². The quantitative estimate of drug-likeness (QED) is 0.536. The van der Waals surface area contributed by atoms with Crippen molar-refractivity contribution >= 4 is 17.5 Å². The number of hydrogen-bond acceptors (Lipinski definition) is 4. The molecule has 0 radical (unpaired) electrons. The van der Waals surface area contributed by atoms with Crippen LogP contribution in [0.4, 0.5) is 10.1 Å². The van der Waals surface area contributed by atoms with Gasteiger partial charge >= 0.3 is 0 Å². The molecule has 0 saturated heterocycles. The smallest absolute Gasteiger partial charge is 0.253 e. The van der Waals surface area contributed by atoms with Crippen LogP contribution in [0.2, 0.25) is 0 Å². The van der Waals surface area contributed by atoms with Crippen LogP contribution in [0.15, 0.2) is 60.3 Å². The molecule has 1 aliphatic rings. The average molecular weight is 477 g/mol. The summed E-state index contributed by atoms with van der Waals surface area (Å²) in [4.78, 5) is 27.2. The van der Waals surface area contributed by atoms with Crippen molar-refractivity contribution < 1.29 is 19.1 Å². The fourth-order valence-corrected chi connectivity index (χ4v) is 4.22. The van der Waals surface area contributed by atoms with Crippen molar-refractivity contribution in [3.8, 4) is 11.3 Å². The highest BCUT2D eigenvalue weighted by molar-refractivity contribution is 6.07. The maximum absolute atomic E-state index is 13.5. The zero-order valence-electron chi connectivity index (χ0n) is 20.1. The molecule has 2 amide bonds. The molecule has 0 aliphatic carbocycles. The van der Waals surface area contributed by atoms with Gasteiger partial charge in [0.2, 0.25) is 5.91 Å². The van der Waals surface area contributed by atoms with E-state index in [0.717, 1.165) is 22.5 Å². The van der Waals surface area contributed by atoms with E-state index in [1.54, 1.807) is 25.4 Å². The molecular weight excluding hydrogens is 447 g/mol. The first-order valence-electron chi connectivity index (χ1n) is 11.6. The van der Waals surface area contributed by atoms with Gasteiger partial charge in [0.15, 0.2) is 0 Å². The SMILES string of the molecule is Cc1ccc(-c2cc(C)n(CCCO)n2)cc1NC(=O)C1=CN(C)C(=O)CC1c1ccc(F)cc1. The van der Waals surface area contributed by atoms with Gasteiger partial charge in [-0.15, -0.1) is 0 Å². The van der Waals surface area contributed by atoms with Crippen LogP contribution in [0.1, 0.15) is 35.6 Å². The van der Waals surface area contributed by atoms with Crippen LogP contribution in [0, 0.1) is 19.7 Å². The molecule has 1 atom stereocenters. The Morgan fingerprint density at radius 2 is 1.91 bits per heavy atom. The number of nitrogens with one attached hydrogen (secondary N) is 1. The third-order valence-corrected chi connectivity index (χ3v) is 6.31. The van der Waals surface area contributed by atoms with Gasteiger partial charge in [0.25, 0.3) is 5.91 Å². The Kier molecular flexibility index (Phi) is 7.12. The second-order valence-electron chi connectivity index (χ2n) is 8.85. The van der Waals surface area contributed by atoms with Gasteiger partial charge in [-0.2, -0.15) is 5.10 Å². The lowest BCUT2D eigenvalue weighted by atomic mass is 9.85. The van der Waals surface area contributed by atoms with Crippen LogP contribution in [0.3, 0.4) is 0 Å². The number of anilines is 1. The summed E-state index contributed by atoms with van der Waals surface area (Å²) in [5.41, 5.74) is 5.31. The number of halogens is 1. The summed E-state index contributed by atoms with van der Waals surface area (Å²) < 4.78 is 15.3. The van der Waals surface area contributed by atoms with Crippen molar-refractivity contribution in [2.24, 2.45) is 0 Å². The minimum Gasteiger partial charge on any atom is -0.396 e. The standard InChI is InChI=1S/C27H29FN4O3/c1-17-5-6-20(25-13-18(2)32(30-25)11-4-12-33)14-24(17)29-27(35)23-16-31(3)26(34)15-22(23)19-7-9-21(28)10-8-19/h5-10,13-14,16,22,33H,4,11-12,15H2,1-3H3,(H,29,35). The molecule has 2 N–H and O–H groups in total. The first-order valence-corrected chi connectivity index (χ1v) is 11.6. The molecule has 1 aromatic heterocycles. The van der Waals surface area contributed by atoms with E-state index >= 15 is 0 Å². The topological polar surface area (TPSA) is 87.5 Å². The van der Waals surface area contributed by atoms with E-state index in [1.807, 2.05) is 42.8 Å². The second kappa shape index (κ2) is 10.2. The van der Waals surface area contributed by atoms with Crippen LogP contribution < -0.4 is 5.32 Å².